The molecule has 1 atom stereocenters. The van der Waals surface area contributed by atoms with E-state index in [0.717, 1.165) is 11.1 Å². The number of hydrogen-bond acceptors (Lipinski definition) is 5. The summed E-state index contributed by atoms with van der Waals surface area (Å²) in [5.41, 5.74) is 1.98. The summed E-state index contributed by atoms with van der Waals surface area (Å²) in [6.07, 6.45) is 0.505. The van der Waals surface area contributed by atoms with Crippen molar-refractivity contribution >= 4 is 21.7 Å². The first-order chi connectivity index (χ1) is 13.4. The quantitative estimate of drug-likeness (QED) is 0.718. The molecule has 1 aliphatic heterocycles. The van der Waals surface area contributed by atoms with Crippen LogP contribution in [0.1, 0.15) is 29.9 Å². The van der Waals surface area contributed by atoms with Crippen LogP contribution >= 0.6 is 0 Å². The van der Waals surface area contributed by atoms with Gasteiger partial charge in [0.1, 0.15) is 0 Å². The van der Waals surface area contributed by atoms with Crippen molar-refractivity contribution in [2.75, 3.05) is 18.1 Å². The van der Waals surface area contributed by atoms with Crippen LogP contribution in [-0.2, 0) is 24.2 Å². The summed E-state index contributed by atoms with van der Waals surface area (Å²) in [6, 6.07) is 18.9. The summed E-state index contributed by atoms with van der Waals surface area (Å²) in [5.74, 6) is -1.11. The van der Waals surface area contributed by atoms with Gasteiger partial charge in [-0.1, -0.05) is 60.7 Å². The molecule has 1 amide bonds. The lowest BCUT2D eigenvalue weighted by atomic mass is 9.89. The standard InChI is InChI=1S/C21H23NO5S/c23-20(22-18-11-12-28(25,26)15-18)14-27-21(24)13-19(16-7-3-1-4-8-16)17-9-5-2-6-10-17/h1-10,18-19H,11-15H2,(H,22,23)/t18-/m1/s1. The number of rotatable bonds is 7. The Bertz CT molecular complexity index is 873. The highest BCUT2D eigenvalue weighted by Crippen LogP contribution is 2.28. The number of sulfone groups is 1. The van der Waals surface area contributed by atoms with Gasteiger partial charge in [-0.25, -0.2) is 8.42 Å². The van der Waals surface area contributed by atoms with Crippen molar-refractivity contribution in [1.29, 1.82) is 0 Å². The molecule has 1 fully saturated rings. The minimum absolute atomic E-state index is 0.0588. The van der Waals surface area contributed by atoms with E-state index >= 15 is 0 Å². The van der Waals surface area contributed by atoms with Crippen molar-refractivity contribution in [3.05, 3.63) is 71.8 Å². The van der Waals surface area contributed by atoms with Crippen LogP contribution < -0.4 is 5.32 Å². The lowest BCUT2D eigenvalue weighted by Crippen LogP contribution is -2.38. The summed E-state index contributed by atoms with van der Waals surface area (Å²) in [4.78, 5) is 24.3. The van der Waals surface area contributed by atoms with E-state index in [2.05, 4.69) is 5.32 Å². The molecule has 7 heteroatoms. The van der Waals surface area contributed by atoms with Gasteiger partial charge < -0.3 is 10.1 Å². The number of esters is 1. The maximum absolute atomic E-state index is 12.3. The molecule has 28 heavy (non-hydrogen) atoms. The number of carbonyl (C=O) groups excluding carboxylic acids is 2. The lowest BCUT2D eigenvalue weighted by molar-refractivity contribution is -0.148. The van der Waals surface area contributed by atoms with Gasteiger partial charge in [-0.05, 0) is 17.5 Å². The molecule has 2 aromatic rings. The van der Waals surface area contributed by atoms with Crippen LogP contribution in [-0.4, -0.2) is 44.4 Å². The topological polar surface area (TPSA) is 89.5 Å². The Hall–Kier alpha value is -2.67. The predicted molar refractivity (Wildman–Crippen MR) is 106 cm³/mol. The number of benzene rings is 2. The van der Waals surface area contributed by atoms with Gasteiger partial charge in [-0.3, -0.25) is 9.59 Å². The zero-order valence-electron chi connectivity index (χ0n) is 15.4. The number of hydrogen-bond donors (Lipinski definition) is 1. The van der Waals surface area contributed by atoms with Gasteiger partial charge >= 0.3 is 5.97 Å². The second-order valence-electron chi connectivity index (χ2n) is 6.91. The van der Waals surface area contributed by atoms with Crippen LogP contribution in [0.25, 0.3) is 0 Å². The van der Waals surface area contributed by atoms with Crippen molar-refractivity contribution in [1.82, 2.24) is 5.32 Å². The molecule has 0 radical (unpaired) electrons. The van der Waals surface area contributed by atoms with Gasteiger partial charge in [0, 0.05) is 12.0 Å². The summed E-state index contributed by atoms with van der Waals surface area (Å²) >= 11 is 0. The Morgan fingerprint density at radius 1 is 1.00 bits per heavy atom. The average molecular weight is 401 g/mol. The van der Waals surface area contributed by atoms with E-state index in [1.54, 1.807) is 0 Å². The highest BCUT2D eigenvalue weighted by Gasteiger charge is 2.29. The third kappa shape index (κ3) is 5.66. The Balaban J connectivity index is 1.56. The maximum Gasteiger partial charge on any atom is 0.307 e. The zero-order chi connectivity index (χ0) is 20.0. The Kier molecular flexibility index (Phi) is 6.46. The molecule has 0 bridgehead atoms. The summed E-state index contributed by atoms with van der Waals surface area (Å²) in [5, 5.41) is 2.61. The lowest BCUT2D eigenvalue weighted by Gasteiger charge is -2.17. The van der Waals surface area contributed by atoms with Crippen LogP contribution in [0.3, 0.4) is 0 Å². The van der Waals surface area contributed by atoms with Crippen molar-refractivity contribution in [3.8, 4) is 0 Å². The van der Waals surface area contributed by atoms with Crippen molar-refractivity contribution in [2.24, 2.45) is 0 Å². The molecule has 1 aliphatic rings. The fraction of sp³-hybridized carbons (Fsp3) is 0.333. The van der Waals surface area contributed by atoms with E-state index in [-0.39, 0.29) is 23.8 Å². The fourth-order valence-corrected chi connectivity index (χ4v) is 5.02. The van der Waals surface area contributed by atoms with Gasteiger partial charge in [0.05, 0.1) is 17.9 Å². The van der Waals surface area contributed by atoms with E-state index in [1.165, 1.54) is 0 Å². The Morgan fingerprint density at radius 2 is 1.57 bits per heavy atom. The highest BCUT2D eigenvalue weighted by molar-refractivity contribution is 7.91. The molecule has 0 saturated carbocycles. The third-order valence-corrected chi connectivity index (χ3v) is 6.50. The number of nitrogens with one attached hydrogen (secondary N) is 1. The third-order valence-electron chi connectivity index (χ3n) is 4.74. The van der Waals surface area contributed by atoms with Crippen LogP contribution in [0.2, 0.25) is 0 Å². The van der Waals surface area contributed by atoms with Gasteiger partial charge in [0.25, 0.3) is 5.91 Å². The second kappa shape index (κ2) is 9.01. The Morgan fingerprint density at radius 3 is 2.07 bits per heavy atom. The highest BCUT2D eigenvalue weighted by atomic mass is 32.2. The van der Waals surface area contributed by atoms with Crippen LogP contribution in [0.5, 0.6) is 0 Å². The Labute approximate surface area is 164 Å². The summed E-state index contributed by atoms with van der Waals surface area (Å²) < 4.78 is 28.0. The minimum Gasteiger partial charge on any atom is -0.456 e. The summed E-state index contributed by atoms with van der Waals surface area (Å²) in [6.45, 7) is -0.411. The molecule has 0 aliphatic carbocycles. The average Bonchev–Trinajstić information content (AvgIpc) is 3.04. The SMILES string of the molecule is O=C(COC(=O)CC(c1ccccc1)c1ccccc1)N[C@@H]1CCS(=O)(=O)C1. The molecule has 2 aromatic carbocycles. The predicted octanol–water partition coefficient (Wildman–Crippen LogP) is 2.06. The molecule has 1 saturated heterocycles. The molecular formula is C21H23NO5S. The molecule has 3 rings (SSSR count). The molecule has 148 valence electrons. The molecule has 0 unspecified atom stereocenters. The second-order valence-corrected chi connectivity index (χ2v) is 9.13. The van der Waals surface area contributed by atoms with Gasteiger partial charge in [-0.2, -0.15) is 0 Å². The van der Waals surface area contributed by atoms with E-state index in [1.807, 2.05) is 60.7 Å². The number of amides is 1. The van der Waals surface area contributed by atoms with E-state index in [0.29, 0.717) is 6.42 Å². The van der Waals surface area contributed by atoms with Crippen molar-refractivity contribution in [2.45, 2.75) is 24.8 Å². The van der Waals surface area contributed by atoms with Gasteiger partial charge in [-0.15, -0.1) is 0 Å². The largest absolute Gasteiger partial charge is 0.456 e. The number of carbonyl (C=O) groups is 2. The number of ether oxygens (including phenoxy) is 1. The molecule has 0 spiro atoms. The molecule has 0 aromatic heterocycles. The first-order valence-corrected chi connectivity index (χ1v) is 11.0. The first kappa shape index (κ1) is 20.1. The zero-order valence-corrected chi connectivity index (χ0v) is 16.2. The molecule has 1 heterocycles. The normalized spacial score (nSPS) is 18.0. The maximum atomic E-state index is 12.3. The van der Waals surface area contributed by atoms with Crippen molar-refractivity contribution < 1.29 is 22.7 Å². The fourth-order valence-electron chi connectivity index (χ4n) is 3.35. The van der Waals surface area contributed by atoms with E-state index < -0.39 is 34.4 Å². The molecule has 1 N–H and O–H groups in total. The van der Waals surface area contributed by atoms with Crippen LogP contribution in [0.4, 0.5) is 0 Å². The minimum atomic E-state index is -3.07. The van der Waals surface area contributed by atoms with Crippen LogP contribution in [0, 0.1) is 0 Å². The smallest absolute Gasteiger partial charge is 0.307 e. The first-order valence-electron chi connectivity index (χ1n) is 9.18. The molecular weight excluding hydrogens is 378 g/mol. The van der Waals surface area contributed by atoms with Crippen molar-refractivity contribution in [3.63, 3.8) is 0 Å². The molecule has 6 nitrogen and oxygen atoms in total. The van der Waals surface area contributed by atoms with Gasteiger partial charge in [0.2, 0.25) is 0 Å². The monoisotopic (exact) mass is 401 g/mol. The van der Waals surface area contributed by atoms with Gasteiger partial charge in [0.15, 0.2) is 16.4 Å². The van der Waals surface area contributed by atoms with E-state index in [4.69, 9.17) is 4.74 Å². The summed E-state index contributed by atoms with van der Waals surface area (Å²) in [7, 11) is -3.07. The van der Waals surface area contributed by atoms with Crippen LogP contribution in [0.15, 0.2) is 60.7 Å². The van der Waals surface area contributed by atoms with E-state index in [9.17, 15) is 18.0 Å².